The lowest BCUT2D eigenvalue weighted by Gasteiger charge is -2.30. The van der Waals surface area contributed by atoms with Gasteiger partial charge in [-0.1, -0.05) is 96.1 Å². The molecular formula is C56H34F4N4. The maximum atomic E-state index is 16.8. The molecule has 8 heteroatoms. The Balaban J connectivity index is 1.20. The molecule has 0 unspecified atom stereocenters. The van der Waals surface area contributed by atoms with Crippen molar-refractivity contribution in [3.05, 3.63) is 215 Å². The molecule has 306 valence electrons. The van der Waals surface area contributed by atoms with Crippen LogP contribution in [0.25, 0.3) is 54.6 Å². The first-order valence-corrected chi connectivity index (χ1v) is 20.5. The molecule has 0 atom stereocenters. The van der Waals surface area contributed by atoms with Crippen LogP contribution < -0.4 is 9.80 Å². The van der Waals surface area contributed by atoms with Crippen LogP contribution in [0.1, 0.15) is 22.3 Å². The molecule has 0 N–H and O–H groups in total. The molecule has 10 aromatic carbocycles. The minimum atomic E-state index is -0.656. The summed E-state index contributed by atoms with van der Waals surface area (Å²) in [5, 5.41) is 24.0. The molecule has 0 bridgehead atoms. The van der Waals surface area contributed by atoms with Crippen molar-refractivity contribution in [1.82, 2.24) is 0 Å². The molecule has 0 fully saturated rings. The van der Waals surface area contributed by atoms with Crippen molar-refractivity contribution in [2.24, 2.45) is 0 Å². The molecule has 0 radical (unpaired) electrons. The summed E-state index contributed by atoms with van der Waals surface area (Å²) in [5.41, 5.74) is 5.98. The first kappa shape index (κ1) is 39.7. The summed E-state index contributed by atoms with van der Waals surface area (Å²) in [7, 11) is 0. The van der Waals surface area contributed by atoms with Gasteiger partial charge in [-0.05, 0) is 119 Å². The van der Waals surface area contributed by atoms with E-state index in [1.54, 1.807) is 94.7 Å². The van der Waals surface area contributed by atoms with Gasteiger partial charge in [0.15, 0.2) is 0 Å². The molecule has 0 aromatic heterocycles. The van der Waals surface area contributed by atoms with Crippen molar-refractivity contribution in [3.63, 3.8) is 0 Å². The van der Waals surface area contributed by atoms with Crippen LogP contribution >= 0.6 is 0 Å². The van der Waals surface area contributed by atoms with E-state index in [1.807, 2.05) is 74.5 Å². The monoisotopic (exact) mass is 838 g/mol. The van der Waals surface area contributed by atoms with E-state index in [0.717, 1.165) is 32.7 Å². The second-order valence-corrected chi connectivity index (χ2v) is 15.9. The van der Waals surface area contributed by atoms with Crippen molar-refractivity contribution in [2.45, 2.75) is 13.8 Å². The highest BCUT2D eigenvalue weighted by molar-refractivity contribution is 6.28. The van der Waals surface area contributed by atoms with E-state index in [1.165, 1.54) is 24.3 Å². The smallest absolute Gasteiger partial charge is 0.148 e. The van der Waals surface area contributed by atoms with E-state index in [2.05, 4.69) is 12.1 Å². The van der Waals surface area contributed by atoms with Gasteiger partial charge in [-0.15, -0.1) is 0 Å². The third kappa shape index (κ3) is 6.79. The van der Waals surface area contributed by atoms with Crippen molar-refractivity contribution in [2.75, 3.05) is 9.80 Å². The second kappa shape index (κ2) is 15.8. The van der Waals surface area contributed by atoms with E-state index < -0.39 is 23.3 Å². The zero-order valence-corrected chi connectivity index (χ0v) is 34.5. The van der Waals surface area contributed by atoms with Crippen LogP contribution in [0.4, 0.5) is 51.7 Å². The zero-order chi connectivity index (χ0) is 44.2. The average Bonchev–Trinajstić information content (AvgIpc) is 3.31. The third-order valence-corrected chi connectivity index (χ3v) is 11.8. The molecule has 0 spiro atoms. The number of hydrogen-bond acceptors (Lipinski definition) is 4. The minimum Gasteiger partial charge on any atom is -0.307 e. The maximum Gasteiger partial charge on any atom is 0.148 e. The van der Waals surface area contributed by atoms with E-state index in [4.69, 9.17) is 0 Å². The van der Waals surface area contributed by atoms with Crippen LogP contribution in [0.15, 0.2) is 170 Å². The van der Waals surface area contributed by atoms with Crippen molar-refractivity contribution in [1.29, 1.82) is 10.5 Å². The first-order valence-electron chi connectivity index (χ1n) is 20.5. The fourth-order valence-corrected chi connectivity index (χ4v) is 8.83. The van der Waals surface area contributed by atoms with Gasteiger partial charge < -0.3 is 9.80 Å². The number of hydrogen-bond donors (Lipinski definition) is 0. The summed E-state index contributed by atoms with van der Waals surface area (Å²) in [6, 6.07) is 52.3. The largest absolute Gasteiger partial charge is 0.307 e. The highest BCUT2D eigenvalue weighted by Crippen LogP contribution is 2.49. The molecule has 64 heavy (non-hydrogen) atoms. The molecule has 0 amide bonds. The van der Waals surface area contributed by atoms with Gasteiger partial charge in [0, 0.05) is 45.4 Å². The average molecular weight is 839 g/mol. The molecule has 0 aliphatic heterocycles. The van der Waals surface area contributed by atoms with Crippen LogP contribution in [-0.2, 0) is 0 Å². The van der Waals surface area contributed by atoms with Crippen molar-refractivity contribution >= 4 is 66.4 Å². The van der Waals surface area contributed by atoms with Gasteiger partial charge in [0.05, 0.1) is 46.0 Å². The number of aryl methyl sites for hydroxylation is 2. The molecule has 0 saturated carbocycles. The van der Waals surface area contributed by atoms with Crippen molar-refractivity contribution < 1.29 is 17.6 Å². The Hall–Kier alpha value is -8.46. The van der Waals surface area contributed by atoms with Gasteiger partial charge in [0.2, 0.25) is 0 Å². The predicted octanol–water partition coefficient (Wildman–Crippen LogP) is 15.8. The van der Waals surface area contributed by atoms with E-state index in [0.29, 0.717) is 55.8 Å². The standard InChI is InChI=1S/C56H34F4N4/c1-33-5-3-7-39(25-33)45-27-49(59)53(29-47(45)57)63(41-17-9-35(31-61)10-18-41)51-23-15-37-14-22-44-52(24-16-38-13-21-43(51)55(37)56(38)44)64(42-19-11-36(32-62)12-20-42)54-30-48(58)46(28-50(54)60)40-8-4-6-34(2)26-40/h3-30H,1-2H3. The second-order valence-electron chi connectivity index (χ2n) is 15.9. The van der Waals surface area contributed by atoms with Crippen LogP contribution in [0.3, 0.4) is 0 Å². The number of nitrogens with zero attached hydrogens (tertiary/aromatic N) is 4. The number of rotatable bonds is 8. The molecule has 4 nitrogen and oxygen atoms in total. The van der Waals surface area contributed by atoms with Gasteiger partial charge in [-0.25, -0.2) is 17.6 Å². The lowest BCUT2D eigenvalue weighted by molar-refractivity contribution is 0.604. The SMILES string of the molecule is Cc1cccc(-c2cc(F)c(N(c3ccc(C#N)cc3)c3ccc4ccc5c(N(c6ccc(C#N)cc6)c6cc(F)c(-c7cccc(C)c7)cc6F)ccc6ccc3c4c65)cc2F)c1. The Kier molecular flexibility index (Phi) is 9.78. The fraction of sp³-hybridized carbons (Fsp3) is 0.0357. The summed E-state index contributed by atoms with van der Waals surface area (Å²) < 4.78 is 66.1. The molecule has 0 aliphatic carbocycles. The van der Waals surface area contributed by atoms with Gasteiger partial charge in [0.25, 0.3) is 0 Å². The third-order valence-electron chi connectivity index (χ3n) is 11.8. The quantitative estimate of drug-likeness (QED) is 0.113. The fourth-order valence-electron chi connectivity index (χ4n) is 8.83. The van der Waals surface area contributed by atoms with Gasteiger partial charge in [-0.2, -0.15) is 10.5 Å². The molecule has 0 saturated heterocycles. The molecule has 10 aromatic rings. The highest BCUT2D eigenvalue weighted by atomic mass is 19.1. The number of halogens is 4. The first-order chi connectivity index (χ1) is 31.1. The lowest BCUT2D eigenvalue weighted by atomic mass is 9.91. The summed E-state index contributed by atoms with van der Waals surface area (Å²) in [6.45, 7) is 3.78. The number of nitriles is 2. The van der Waals surface area contributed by atoms with E-state index in [9.17, 15) is 10.5 Å². The number of anilines is 6. The molecular weight excluding hydrogens is 805 g/mol. The van der Waals surface area contributed by atoms with Crippen LogP contribution in [0.2, 0.25) is 0 Å². The molecule has 10 rings (SSSR count). The number of benzene rings is 10. The highest BCUT2D eigenvalue weighted by Gasteiger charge is 2.26. The van der Waals surface area contributed by atoms with Gasteiger partial charge in [0.1, 0.15) is 23.3 Å². The van der Waals surface area contributed by atoms with Gasteiger partial charge in [-0.3, -0.25) is 0 Å². The van der Waals surface area contributed by atoms with Gasteiger partial charge >= 0.3 is 0 Å². The van der Waals surface area contributed by atoms with E-state index >= 15 is 17.6 Å². The normalized spacial score (nSPS) is 11.2. The summed E-state index contributed by atoms with van der Waals surface area (Å²) in [6.07, 6.45) is 0. The maximum absolute atomic E-state index is 16.8. The Morgan fingerprint density at radius 3 is 1.16 bits per heavy atom. The summed E-state index contributed by atoms with van der Waals surface area (Å²) in [4.78, 5) is 3.31. The zero-order valence-electron chi connectivity index (χ0n) is 34.5. The molecule has 0 heterocycles. The van der Waals surface area contributed by atoms with E-state index in [-0.39, 0.29) is 22.5 Å². The Morgan fingerprint density at radius 2 is 0.781 bits per heavy atom. The van der Waals surface area contributed by atoms with Crippen LogP contribution in [0.5, 0.6) is 0 Å². The Bertz CT molecular complexity index is 3310. The van der Waals surface area contributed by atoms with Crippen molar-refractivity contribution in [3.8, 4) is 34.4 Å². The van der Waals surface area contributed by atoms with Crippen LogP contribution in [0, 0.1) is 59.8 Å². The summed E-state index contributed by atoms with van der Waals surface area (Å²) in [5.74, 6) is -2.53. The molecule has 0 aliphatic rings. The predicted molar refractivity (Wildman–Crippen MR) is 249 cm³/mol. The lowest BCUT2D eigenvalue weighted by Crippen LogP contribution is -2.14. The Labute approximate surface area is 366 Å². The summed E-state index contributed by atoms with van der Waals surface area (Å²) >= 11 is 0. The van der Waals surface area contributed by atoms with Crippen LogP contribution in [-0.4, -0.2) is 0 Å². The Morgan fingerprint density at radius 1 is 0.391 bits per heavy atom. The minimum absolute atomic E-state index is 0.0343. The topological polar surface area (TPSA) is 54.1 Å².